The number of amides is 1. The maximum absolute atomic E-state index is 12.3. The molecule has 1 amide bonds. The summed E-state index contributed by atoms with van der Waals surface area (Å²) >= 11 is 0. The molecule has 0 fully saturated rings. The van der Waals surface area contributed by atoms with Gasteiger partial charge in [0.2, 0.25) is 0 Å². The van der Waals surface area contributed by atoms with Crippen molar-refractivity contribution in [3.05, 3.63) is 59.7 Å². The largest absolute Gasteiger partial charge is 0.467 e. The predicted octanol–water partition coefficient (Wildman–Crippen LogP) is 3.30. The van der Waals surface area contributed by atoms with Crippen LogP contribution in [-0.4, -0.2) is 204 Å². The Hall–Kier alpha value is -3.34. The topological polar surface area (TPSA) is 185 Å². The molecule has 0 radical (unpaired) electrons. The first-order valence-corrected chi connectivity index (χ1v) is 21.9. The van der Waals surface area contributed by atoms with E-state index >= 15 is 0 Å². The van der Waals surface area contributed by atoms with E-state index in [1.54, 1.807) is 0 Å². The summed E-state index contributed by atoms with van der Waals surface area (Å²) in [4.78, 5) is 23.2. The van der Waals surface area contributed by atoms with Crippen molar-refractivity contribution in [3.63, 3.8) is 0 Å². The average molecular weight is 898 g/mol. The molecule has 18 heteroatoms. The van der Waals surface area contributed by atoms with Gasteiger partial charge in [0.15, 0.2) is 0 Å². The Morgan fingerprint density at radius 2 is 0.730 bits per heavy atom. The summed E-state index contributed by atoms with van der Waals surface area (Å²) in [5.41, 5.74) is 4.79. The Balaban J connectivity index is 0.910. The number of alkyl carbamates (subject to hydrolysis) is 1. The van der Waals surface area contributed by atoms with Crippen LogP contribution in [0.15, 0.2) is 48.5 Å². The van der Waals surface area contributed by atoms with Crippen molar-refractivity contribution >= 4 is 12.1 Å². The van der Waals surface area contributed by atoms with Crippen LogP contribution in [0.25, 0.3) is 11.1 Å². The second kappa shape index (κ2) is 39.1. The molecule has 2 aromatic rings. The lowest BCUT2D eigenvalue weighted by Gasteiger charge is -2.14. The third-order valence-corrected chi connectivity index (χ3v) is 8.99. The highest BCUT2D eigenvalue weighted by atomic mass is 16.6. The van der Waals surface area contributed by atoms with Gasteiger partial charge in [-0.3, -0.25) is 0 Å². The van der Waals surface area contributed by atoms with Crippen LogP contribution < -0.4 is 5.32 Å². The molecule has 358 valence electrons. The van der Waals surface area contributed by atoms with Crippen molar-refractivity contribution in [1.82, 2.24) is 5.32 Å². The van der Waals surface area contributed by atoms with Crippen LogP contribution in [-0.2, 0) is 75.8 Å². The Morgan fingerprint density at radius 1 is 0.429 bits per heavy atom. The summed E-state index contributed by atoms with van der Waals surface area (Å²) in [5, 5.41) is 2.80. The summed E-state index contributed by atoms with van der Waals surface area (Å²) in [7, 11) is 1.31. The minimum Gasteiger partial charge on any atom is -0.467 e. The van der Waals surface area contributed by atoms with Gasteiger partial charge < -0.3 is 76.4 Å². The molecule has 0 heterocycles. The number of fused-ring (bicyclic) bond motifs is 3. The number of carbonyl (C=O) groups is 2. The van der Waals surface area contributed by atoms with Gasteiger partial charge in [0, 0.05) is 19.1 Å². The molecule has 0 aromatic heterocycles. The van der Waals surface area contributed by atoms with Crippen molar-refractivity contribution in [2.24, 2.45) is 0 Å². The minimum atomic E-state index is -0.420. The molecule has 0 bridgehead atoms. The van der Waals surface area contributed by atoms with Crippen molar-refractivity contribution in [3.8, 4) is 11.1 Å². The van der Waals surface area contributed by atoms with Crippen LogP contribution in [0.4, 0.5) is 4.79 Å². The van der Waals surface area contributed by atoms with Crippen LogP contribution in [0.2, 0.25) is 0 Å². The lowest BCUT2D eigenvalue weighted by atomic mass is 9.98. The number of hydrogen-bond acceptors (Lipinski definition) is 17. The molecule has 18 nitrogen and oxygen atoms in total. The molecule has 1 aliphatic carbocycles. The molecule has 1 aliphatic rings. The molecule has 1 N–H and O–H groups in total. The van der Waals surface area contributed by atoms with Gasteiger partial charge in [-0.1, -0.05) is 48.5 Å². The zero-order chi connectivity index (χ0) is 44.5. The second-order valence-electron chi connectivity index (χ2n) is 13.6. The van der Waals surface area contributed by atoms with E-state index in [4.69, 9.17) is 66.3 Å². The Morgan fingerprint density at radius 3 is 1.06 bits per heavy atom. The molecule has 2 aromatic carbocycles. The smallest absolute Gasteiger partial charge is 0.407 e. The molecule has 0 unspecified atom stereocenters. The van der Waals surface area contributed by atoms with Crippen molar-refractivity contribution in [2.45, 2.75) is 12.3 Å². The maximum Gasteiger partial charge on any atom is 0.407 e. The second-order valence-corrected chi connectivity index (χ2v) is 13.6. The van der Waals surface area contributed by atoms with Crippen LogP contribution in [0.3, 0.4) is 0 Å². The summed E-state index contributed by atoms with van der Waals surface area (Å²) < 4.78 is 80.9. The Bertz CT molecular complexity index is 1360. The monoisotopic (exact) mass is 897 g/mol. The number of hydrogen-bond donors (Lipinski definition) is 1. The lowest BCUT2D eigenvalue weighted by molar-refractivity contribution is -0.146. The van der Waals surface area contributed by atoms with Crippen molar-refractivity contribution in [1.29, 1.82) is 0 Å². The van der Waals surface area contributed by atoms with Gasteiger partial charge in [-0.2, -0.15) is 0 Å². The lowest BCUT2D eigenvalue weighted by Crippen LogP contribution is -2.27. The first-order valence-electron chi connectivity index (χ1n) is 21.9. The average Bonchev–Trinajstić information content (AvgIpc) is 3.63. The van der Waals surface area contributed by atoms with Crippen LogP contribution >= 0.6 is 0 Å². The Kier molecular flexibility index (Phi) is 33.5. The number of ether oxygens (including phenoxy) is 15. The van der Waals surface area contributed by atoms with E-state index in [9.17, 15) is 9.59 Å². The molecular weight excluding hydrogens is 826 g/mol. The van der Waals surface area contributed by atoms with Gasteiger partial charge in [-0.25, -0.2) is 9.59 Å². The standard InChI is InChI=1S/C45H71NO17/c1-49-44(47)38-62-36-35-61-34-33-60-32-31-59-30-29-58-28-27-57-26-25-56-24-23-55-22-21-54-20-19-53-18-17-52-16-15-51-14-13-50-12-6-11-46-45(48)63-37-43-41-9-4-2-7-39(41)40-8-3-5-10-42(40)43/h2-5,7-10,43H,6,11-38H2,1H3,(H,46,48). The number of rotatable bonds is 44. The minimum absolute atomic E-state index is 0.0440. The number of esters is 1. The van der Waals surface area contributed by atoms with Gasteiger partial charge in [0.25, 0.3) is 0 Å². The number of carbonyl (C=O) groups excluding carboxylic acids is 2. The normalized spacial score (nSPS) is 12.1. The third kappa shape index (κ3) is 27.6. The van der Waals surface area contributed by atoms with E-state index < -0.39 is 12.1 Å². The number of methoxy groups -OCH3 is 1. The van der Waals surface area contributed by atoms with Crippen molar-refractivity contribution in [2.75, 3.05) is 192 Å². The number of benzene rings is 2. The van der Waals surface area contributed by atoms with E-state index in [-0.39, 0.29) is 12.5 Å². The van der Waals surface area contributed by atoms with E-state index in [0.29, 0.717) is 185 Å². The highest BCUT2D eigenvalue weighted by Crippen LogP contribution is 2.44. The van der Waals surface area contributed by atoms with E-state index in [0.717, 1.165) is 0 Å². The van der Waals surface area contributed by atoms with Crippen LogP contribution in [0, 0.1) is 0 Å². The molecule has 0 saturated carbocycles. The quantitative estimate of drug-likeness (QED) is 0.0754. The van der Waals surface area contributed by atoms with Gasteiger partial charge in [-0.05, 0) is 28.7 Å². The molecule has 63 heavy (non-hydrogen) atoms. The zero-order valence-electron chi connectivity index (χ0n) is 37.1. The first kappa shape index (κ1) is 54.0. The van der Waals surface area contributed by atoms with Crippen molar-refractivity contribution < 1.29 is 80.6 Å². The predicted molar refractivity (Wildman–Crippen MR) is 230 cm³/mol. The first-order chi connectivity index (χ1) is 31.2. The number of nitrogens with one attached hydrogen (secondary N) is 1. The zero-order valence-corrected chi connectivity index (χ0v) is 37.1. The van der Waals surface area contributed by atoms with Gasteiger partial charge in [0.05, 0.1) is 166 Å². The molecule has 3 rings (SSSR count). The fourth-order valence-corrected chi connectivity index (χ4v) is 5.87. The van der Waals surface area contributed by atoms with Crippen LogP contribution in [0.5, 0.6) is 0 Å². The highest BCUT2D eigenvalue weighted by molar-refractivity contribution is 5.79. The van der Waals surface area contributed by atoms with E-state index in [2.05, 4.69) is 34.3 Å². The fourth-order valence-electron chi connectivity index (χ4n) is 5.87. The van der Waals surface area contributed by atoms with Gasteiger partial charge in [-0.15, -0.1) is 0 Å². The third-order valence-electron chi connectivity index (χ3n) is 8.99. The molecule has 0 atom stereocenters. The molecule has 0 spiro atoms. The van der Waals surface area contributed by atoms with Crippen LogP contribution in [0.1, 0.15) is 23.5 Å². The maximum atomic E-state index is 12.3. The summed E-state index contributed by atoms with van der Waals surface area (Å²) in [6.07, 6.45) is 0.258. The highest BCUT2D eigenvalue weighted by Gasteiger charge is 2.29. The summed E-state index contributed by atoms with van der Waals surface area (Å²) in [6, 6.07) is 16.6. The SMILES string of the molecule is COC(=O)COCCOCCOCCOCCOCCOCCOCCOCCOCCOCCOCCOCCOCCCNC(=O)OCC1c2ccccc2-c2ccccc21. The van der Waals surface area contributed by atoms with E-state index in [1.807, 2.05) is 24.3 Å². The Labute approximate surface area is 372 Å². The van der Waals surface area contributed by atoms with Gasteiger partial charge >= 0.3 is 12.1 Å². The molecular formula is C45H71NO17. The summed E-state index contributed by atoms with van der Waals surface area (Å²) in [6.45, 7) is 12.4. The molecule has 0 aliphatic heterocycles. The fraction of sp³-hybridized carbons (Fsp3) is 0.689. The summed E-state index contributed by atoms with van der Waals surface area (Å²) in [5.74, 6) is -0.368. The molecule has 0 saturated heterocycles. The van der Waals surface area contributed by atoms with Gasteiger partial charge in [0.1, 0.15) is 13.2 Å². The van der Waals surface area contributed by atoms with E-state index in [1.165, 1.54) is 29.4 Å².